The number of nitrogens with one attached hydrogen (secondary N) is 1. The predicted octanol–water partition coefficient (Wildman–Crippen LogP) is 2.73. The van der Waals surface area contributed by atoms with Crippen molar-refractivity contribution in [2.45, 2.75) is 58.0 Å². The van der Waals surface area contributed by atoms with Crippen LogP contribution < -0.4 is 5.32 Å². The van der Waals surface area contributed by atoms with E-state index in [9.17, 15) is 0 Å². The standard InChI is InChI=1S/C15H25NO3/c1-15(2,3)16-9-12-6-7-14(19-12)11-17-10-13-5-4-8-18-13/h4-5,8,12,14,16H,6-7,9-11H2,1-3H3. The highest BCUT2D eigenvalue weighted by Crippen LogP contribution is 2.20. The Labute approximate surface area is 115 Å². The summed E-state index contributed by atoms with van der Waals surface area (Å²) in [6.45, 7) is 8.60. The van der Waals surface area contributed by atoms with Crippen molar-refractivity contribution in [3.63, 3.8) is 0 Å². The average Bonchev–Trinajstić information content (AvgIpc) is 2.97. The fourth-order valence-corrected chi connectivity index (χ4v) is 2.16. The van der Waals surface area contributed by atoms with Gasteiger partial charge in [0.2, 0.25) is 0 Å². The van der Waals surface area contributed by atoms with E-state index in [-0.39, 0.29) is 11.6 Å². The first-order chi connectivity index (χ1) is 9.03. The molecule has 0 amide bonds. The van der Waals surface area contributed by atoms with Crippen molar-refractivity contribution in [1.29, 1.82) is 0 Å². The van der Waals surface area contributed by atoms with Crippen LogP contribution >= 0.6 is 0 Å². The molecule has 0 aliphatic carbocycles. The maximum atomic E-state index is 5.96. The lowest BCUT2D eigenvalue weighted by Gasteiger charge is -2.23. The van der Waals surface area contributed by atoms with E-state index in [4.69, 9.17) is 13.9 Å². The van der Waals surface area contributed by atoms with E-state index in [1.807, 2.05) is 12.1 Å². The quantitative estimate of drug-likeness (QED) is 0.860. The largest absolute Gasteiger partial charge is 0.467 e. The molecule has 0 radical (unpaired) electrons. The fourth-order valence-electron chi connectivity index (χ4n) is 2.16. The Morgan fingerprint density at radius 3 is 2.79 bits per heavy atom. The zero-order valence-electron chi connectivity index (χ0n) is 12.1. The lowest BCUT2D eigenvalue weighted by atomic mass is 10.1. The zero-order chi connectivity index (χ0) is 13.7. The monoisotopic (exact) mass is 267 g/mol. The van der Waals surface area contributed by atoms with E-state index in [0.717, 1.165) is 25.1 Å². The summed E-state index contributed by atoms with van der Waals surface area (Å²) >= 11 is 0. The summed E-state index contributed by atoms with van der Waals surface area (Å²) in [5.74, 6) is 0.865. The van der Waals surface area contributed by atoms with Gasteiger partial charge in [-0.2, -0.15) is 0 Å². The molecule has 1 aromatic heterocycles. The average molecular weight is 267 g/mol. The van der Waals surface area contributed by atoms with Crippen LogP contribution in [0.2, 0.25) is 0 Å². The molecule has 4 nitrogen and oxygen atoms in total. The number of ether oxygens (including phenoxy) is 2. The molecule has 2 unspecified atom stereocenters. The fraction of sp³-hybridized carbons (Fsp3) is 0.733. The summed E-state index contributed by atoms with van der Waals surface area (Å²) in [4.78, 5) is 0. The van der Waals surface area contributed by atoms with Crippen molar-refractivity contribution in [2.75, 3.05) is 13.2 Å². The molecule has 1 aromatic rings. The minimum absolute atomic E-state index is 0.150. The van der Waals surface area contributed by atoms with Gasteiger partial charge in [-0.15, -0.1) is 0 Å². The first-order valence-corrected chi connectivity index (χ1v) is 7.03. The topological polar surface area (TPSA) is 43.6 Å². The smallest absolute Gasteiger partial charge is 0.129 e. The second kappa shape index (κ2) is 6.55. The van der Waals surface area contributed by atoms with E-state index in [0.29, 0.717) is 19.3 Å². The normalized spacial score (nSPS) is 23.9. The third kappa shape index (κ3) is 5.35. The van der Waals surface area contributed by atoms with E-state index < -0.39 is 0 Å². The lowest BCUT2D eigenvalue weighted by Crippen LogP contribution is -2.41. The van der Waals surface area contributed by atoms with Crippen LogP contribution in [-0.4, -0.2) is 30.9 Å². The molecule has 0 spiro atoms. The number of furan rings is 1. The Morgan fingerprint density at radius 1 is 1.32 bits per heavy atom. The highest BCUT2D eigenvalue weighted by Gasteiger charge is 2.26. The van der Waals surface area contributed by atoms with E-state index in [1.165, 1.54) is 0 Å². The number of hydrogen-bond acceptors (Lipinski definition) is 4. The van der Waals surface area contributed by atoms with Gasteiger partial charge in [0.1, 0.15) is 12.4 Å². The summed E-state index contributed by atoms with van der Waals surface area (Å²) < 4.78 is 16.8. The van der Waals surface area contributed by atoms with Crippen molar-refractivity contribution in [1.82, 2.24) is 5.32 Å². The molecule has 2 atom stereocenters. The molecule has 1 fully saturated rings. The van der Waals surface area contributed by atoms with Crippen LogP contribution in [0.4, 0.5) is 0 Å². The molecule has 4 heteroatoms. The molecule has 0 aromatic carbocycles. The summed E-state index contributed by atoms with van der Waals surface area (Å²) in [5.41, 5.74) is 0.150. The van der Waals surface area contributed by atoms with Crippen LogP contribution in [0.25, 0.3) is 0 Å². The number of hydrogen-bond donors (Lipinski definition) is 1. The molecule has 1 saturated heterocycles. The van der Waals surface area contributed by atoms with Gasteiger partial charge in [-0.3, -0.25) is 0 Å². The molecule has 0 bridgehead atoms. The van der Waals surface area contributed by atoms with Crippen LogP contribution in [0, 0.1) is 0 Å². The second-order valence-corrected chi connectivity index (χ2v) is 6.18. The predicted molar refractivity (Wildman–Crippen MR) is 74.0 cm³/mol. The molecule has 2 rings (SSSR count). The molecule has 1 N–H and O–H groups in total. The lowest BCUT2D eigenvalue weighted by molar-refractivity contribution is -0.0233. The molecule has 1 aliphatic rings. The summed E-state index contributed by atoms with van der Waals surface area (Å²) in [6.07, 6.45) is 4.39. The first-order valence-electron chi connectivity index (χ1n) is 7.03. The van der Waals surface area contributed by atoms with Gasteiger partial charge >= 0.3 is 0 Å². The van der Waals surface area contributed by atoms with Gasteiger partial charge in [0.05, 0.1) is 25.1 Å². The minimum atomic E-state index is 0.150. The van der Waals surface area contributed by atoms with E-state index in [1.54, 1.807) is 6.26 Å². The maximum absolute atomic E-state index is 5.96. The molecule has 19 heavy (non-hydrogen) atoms. The molecule has 2 heterocycles. The van der Waals surface area contributed by atoms with Crippen molar-refractivity contribution >= 4 is 0 Å². The Bertz CT molecular complexity index is 356. The molecule has 0 saturated carbocycles. The first kappa shape index (κ1) is 14.6. The van der Waals surface area contributed by atoms with Gasteiger partial charge < -0.3 is 19.2 Å². The van der Waals surface area contributed by atoms with Crippen molar-refractivity contribution in [2.24, 2.45) is 0 Å². The third-order valence-corrected chi connectivity index (χ3v) is 3.18. The SMILES string of the molecule is CC(C)(C)NCC1CCC(COCc2ccco2)O1. The summed E-state index contributed by atoms with van der Waals surface area (Å²) in [7, 11) is 0. The van der Waals surface area contributed by atoms with Gasteiger partial charge in [-0.1, -0.05) is 0 Å². The Kier molecular flexibility index (Phi) is 5.02. The minimum Gasteiger partial charge on any atom is -0.467 e. The van der Waals surface area contributed by atoms with Crippen LogP contribution in [0.3, 0.4) is 0 Å². The zero-order valence-corrected chi connectivity index (χ0v) is 12.1. The van der Waals surface area contributed by atoms with Gasteiger partial charge in [0.15, 0.2) is 0 Å². The Hall–Kier alpha value is -0.840. The maximum Gasteiger partial charge on any atom is 0.129 e. The van der Waals surface area contributed by atoms with Gasteiger partial charge in [0.25, 0.3) is 0 Å². The van der Waals surface area contributed by atoms with E-state index >= 15 is 0 Å². The van der Waals surface area contributed by atoms with Gasteiger partial charge in [0, 0.05) is 12.1 Å². The van der Waals surface area contributed by atoms with Crippen molar-refractivity contribution < 1.29 is 13.9 Å². The van der Waals surface area contributed by atoms with Crippen molar-refractivity contribution in [3.05, 3.63) is 24.2 Å². The highest BCUT2D eigenvalue weighted by atomic mass is 16.5. The van der Waals surface area contributed by atoms with Gasteiger partial charge in [-0.25, -0.2) is 0 Å². The van der Waals surface area contributed by atoms with Gasteiger partial charge in [-0.05, 0) is 45.7 Å². The molecular formula is C15H25NO3. The molecular weight excluding hydrogens is 242 g/mol. The Morgan fingerprint density at radius 2 is 2.11 bits per heavy atom. The van der Waals surface area contributed by atoms with Crippen LogP contribution in [0.5, 0.6) is 0 Å². The number of rotatable bonds is 6. The molecule has 108 valence electrons. The van der Waals surface area contributed by atoms with Crippen LogP contribution in [-0.2, 0) is 16.1 Å². The van der Waals surface area contributed by atoms with Crippen LogP contribution in [0.1, 0.15) is 39.4 Å². The van der Waals surface area contributed by atoms with Crippen molar-refractivity contribution in [3.8, 4) is 0 Å². The summed E-state index contributed by atoms with van der Waals surface area (Å²) in [6, 6.07) is 3.80. The van der Waals surface area contributed by atoms with E-state index in [2.05, 4.69) is 26.1 Å². The highest BCUT2D eigenvalue weighted by molar-refractivity contribution is 4.96. The summed E-state index contributed by atoms with van der Waals surface area (Å²) in [5, 5.41) is 3.48. The third-order valence-electron chi connectivity index (χ3n) is 3.18. The van der Waals surface area contributed by atoms with Crippen LogP contribution in [0.15, 0.2) is 22.8 Å². The Balaban J connectivity index is 1.59. The second-order valence-electron chi connectivity index (χ2n) is 6.18. The molecule has 1 aliphatic heterocycles.